The number of anilines is 1. The molecule has 94 valence electrons. The molecule has 0 atom stereocenters. The first-order valence-electron chi connectivity index (χ1n) is 6.15. The van der Waals surface area contributed by atoms with E-state index < -0.39 is 0 Å². The van der Waals surface area contributed by atoms with Gasteiger partial charge >= 0.3 is 0 Å². The minimum atomic E-state index is 0.182. The fourth-order valence-electron chi connectivity index (χ4n) is 2.30. The Morgan fingerprint density at radius 3 is 2.82 bits per heavy atom. The average molecular weight is 234 g/mol. The van der Waals surface area contributed by atoms with Crippen molar-refractivity contribution < 1.29 is 0 Å². The molecule has 0 aromatic carbocycles. The molecule has 0 radical (unpaired) electrons. The third-order valence-corrected chi connectivity index (χ3v) is 3.70. The van der Waals surface area contributed by atoms with Gasteiger partial charge in [0.2, 0.25) is 0 Å². The number of rotatable bonds is 2. The number of aromatic nitrogens is 1. The molecule has 0 saturated carbocycles. The summed E-state index contributed by atoms with van der Waals surface area (Å²) in [5.74, 6) is 1.05. The normalized spacial score (nSPS) is 20.6. The van der Waals surface area contributed by atoms with Crippen molar-refractivity contribution >= 4 is 5.82 Å². The first-order valence-corrected chi connectivity index (χ1v) is 6.15. The standard InChI is InChI=1S/C13H22N4/c1-13(2)10-17(8-7-16(13)3)12-11(9-14)5-4-6-15-12/h4-6H,7-10,14H2,1-3H3. The number of hydrogen-bond donors (Lipinski definition) is 1. The van der Waals surface area contributed by atoms with Crippen molar-refractivity contribution in [3.05, 3.63) is 23.9 Å². The zero-order chi connectivity index (χ0) is 12.5. The van der Waals surface area contributed by atoms with Crippen LogP contribution in [-0.4, -0.2) is 42.1 Å². The summed E-state index contributed by atoms with van der Waals surface area (Å²) in [6.07, 6.45) is 1.85. The molecular formula is C13H22N4. The molecule has 0 amide bonds. The van der Waals surface area contributed by atoms with Crippen LogP contribution >= 0.6 is 0 Å². The Hall–Kier alpha value is -1.13. The molecule has 1 saturated heterocycles. The van der Waals surface area contributed by atoms with Gasteiger partial charge in [-0.1, -0.05) is 6.07 Å². The predicted molar refractivity (Wildman–Crippen MR) is 71.1 cm³/mol. The Bertz CT molecular complexity index is 389. The molecule has 2 N–H and O–H groups in total. The zero-order valence-corrected chi connectivity index (χ0v) is 11.0. The zero-order valence-electron chi connectivity index (χ0n) is 11.0. The monoisotopic (exact) mass is 234 g/mol. The van der Waals surface area contributed by atoms with Crippen LogP contribution < -0.4 is 10.6 Å². The van der Waals surface area contributed by atoms with E-state index in [0.29, 0.717) is 6.54 Å². The van der Waals surface area contributed by atoms with Gasteiger partial charge in [-0.2, -0.15) is 0 Å². The second-order valence-electron chi connectivity index (χ2n) is 5.35. The molecule has 0 unspecified atom stereocenters. The van der Waals surface area contributed by atoms with E-state index in [2.05, 4.69) is 41.7 Å². The molecule has 1 aliphatic heterocycles. The van der Waals surface area contributed by atoms with Gasteiger partial charge in [0.25, 0.3) is 0 Å². The highest BCUT2D eigenvalue weighted by Gasteiger charge is 2.32. The average Bonchev–Trinajstić information content (AvgIpc) is 2.32. The van der Waals surface area contributed by atoms with Crippen molar-refractivity contribution in [1.82, 2.24) is 9.88 Å². The first-order chi connectivity index (χ1) is 8.04. The van der Waals surface area contributed by atoms with Gasteiger partial charge in [0.15, 0.2) is 0 Å². The fraction of sp³-hybridized carbons (Fsp3) is 0.615. The molecule has 2 heterocycles. The Kier molecular flexibility index (Phi) is 3.35. The van der Waals surface area contributed by atoms with Crippen LogP contribution in [0.25, 0.3) is 0 Å². The van der Waals surface area contributed by atoms with Crippen LogP contribution in [0.4, 0.5) is 5.82 Å². The van der Waals surface area contributed by atoms with E-state index in [0.717, 1.165) is 31.0 Å². The van der Waals surface area contributed by atoms with E-state index in [1.807, 2.05) is 12.3 Å². The number of hydrogen-bond acceptors (Lipinski definition) is 4. The summed E-state index contributed by atoms with van der Waals surface area (Å²) in [6.45, 7) is 8.16. The van der Waals surface area contributed by atoms with Gasteiger partial charge in [-0.15, -0.1) is 0 Å². The number of piperazine rings is 1. The van der Waals surface area contributed by atoms with Gasteiger partial charge in [-0.05, 0) is 27.0 Å². The van der Waals surface area contributed by atoms with E-state index in [9.17, 15) is 0 Å². The molecule has 4 nitrogen and oxygen atoms in total. The quantitative estimate of drug-likeness (QED) is 0.831. The maximum Gasteiger partial charge on any atom is 0.133 e. The van der Waals surface area contributed by atoms with Crippen LogP contribution in [0.3, 0.4) is 0 Å². The molecule has 2 rings (SSSR count). The lowest BCUT2D eigenvalue weighted by atomic mass is 9.99. The predicted octanol–water partition coefficient (Wildman–Crippen LogP) is 1.07. The first kappa shape index (κ1) is 12.3. The van der Waals surface area contributed by atoms with Crippen molar-refractivity contribution in [2.45, 2.75) is 25.9 Å². The van der Waals surface area contributed by atoms with Crippen LogP contribution in [0.15, 0.2) is 18.3 Å². The summed E-state index contributed by atoms with van der Waals surface area (Å²) < 4.78 is 0. The van der Waals surface area contributed by atoms with Crippen molar-refractivity contribution in [3.63, 3.8) is 0 Å². The molecule has 4 heteroatoms. The van der Waals surface area contributed by atoms with Crippen LogP contribution in [0.2, 0.25) is 0 Å². The highest BCUT2D eigenvalue weighted by Crippen LogP contribution is 2.25. The SMILES string of the molecule is CN1CCN(c2ncccc2CN)CC1(C)C. The summed E-state index contributed by atoms with van der Waals surface area (Å²) in [7, 11) is 2.18. The van der Waals surface area contributed by atoms with E-state index in [4.69, 9.17) is 5.73 Å². The van der Waals surface area contributed by atoms with Crippen LogP contribution in [0, 0.1) is 0 Å². The molecule has 1 aromatic heterocycles. The largest absolute Gasteiger partial charge is 0.353 e. The van der Waals surface area contributed by atoms with Crippen LogP contribution in [-0.2, 0) is 6.54 Å². The smallest absolute Gasteiger partial charge is 0.133 e. The van der Waals surface area contributed by atoms with Crippen molar-refractivity contribution in [1.29, 1.82) is 0 Å². The molecule has 1 aliphatic rings. The lowest BCUT2D eigenvalue weighted by Crippen LogP contribution is -2.58. The Morgan fingerprint density at radius 2 is 2.18 bits per heavy atom. The van der Waals surface area contributed by atoms with Gasteiger partial charge in [-0.25, -0.2) is 4.98 Å². The molecule has 0 bridgehead atoms. The Morgan fingerprint density at radius 1 is 1.41 bits per heavy atom. The second kappa shape index (κ2) is 4.63. The summed E-state index contributed by atoms with van der Waals surface area (Å²) in [5, 5.41) is 0. The highest BCUT2D eigenvalue weighted by atomic mass is 15.3. The highest BCUT2D eigenvalue weighted by molar-refractivity contribution is 5.47. The summed E-state index contributed by atoms with van der Waals surface area (Å²) in [6, 6.07) is 4.01. The number of nitrogens with zero attached hydrogens (tertiary/aromatic N) is 3. The summed E-state index contributed by atoms with van der Waals surface area (Å²) in [4.78, 5) is 9.24. The van der Waals surface area contributed by atoms with Gasteiger partial charge in [0.05, 0.1) is 0 Å². The van der Waals surface area contributed by atoms with E-state index in [1.165, 1.54) is 0 Å². The summed E-state index contributed by atoms with van der Waals surface area (Å²) >= 11 is 0. The number of nitrogens with two attached hydrogens (primary N) is 1. The van der Waals surface area contributed by atoms with Gasteiger partial charge in [-0.3, -0.25) is 4.90 Å². The molecule has 1 fully saturated rings. The number of pyridine rings is 1. The third kappa shape index (κ3) is 2.42. The minimum Gasteiger partial charge on any atom is -0.353 e. The maximum absolute atomic E-state index is 5.78. The lowest BCUT2D eigenvalue weighted by molar-refractivity contribution is 0.138. The van der Waals surface area contributed by atoms with Crippen molar-refractivity contribution in [3.8, 4) is 0 Å². The number of likely N-dealkylation sites (N-methyl/N-ethyl adjacent to an activating group) is 1. The van der Waals surface area contributed by atoms with Gasteiger partial charge in [0, 0.05) is 43.5 Å². The van der Waals surface area contributed by atoms with E-state index in [-0.39, 0.29) is 5.54 Å². The second-order valence-corrected chi connectivity index (χ2v) is 5.35. The van der Waals surface area contributed by atoms with E-state index in [1.54, 1.807) is 0 Å². The van der Waals surface area contributed by atoms with Gasteiger partial charge < -0.3 is 10.6 Å². The molecule has 1 aromatic rings. The summed E-state index contributed by atoms with van der Waals surface area (Å²) in [5.41, 5.74) is 7.09. The minimum absolute atomic E-state index is 0.182. The molecule has 17 heavy (non-hydrogen) atoms. The van der Waals surface area contributed by atoms with Crippen LogP contribution in [0.1, 0.15) is 19.4 Å². The fourth-order valence-corrected chi connectivity index (χ4v) is 2.30. The maximum atomic E-state index is 5.78. The Labute approximate surface area is 103 Å². The molecule has 0 spiro atoms. The third-order valence-electron chi connectivity index (χ3n) is 3.70. The lowest BCUT2D eigenvalue weighted by Gasteiger charge is -2.46. The van der Waals surface area contributed by atoms with E-state index >= 15 is 0 Å². The topological polar surface area (TPSA) is 45.4 Å². The van der Waals surface area contributed by atoms with Gasteiger partial charge in [0.1, 0.15) is 5.82 Å². The molecular weight excluding hydrogens is 212 g/mol. The Balaban J connectivity index is 2.23. The van der Waals surface area contributed by atoms with Crippen molar-refractivity contribution in [2.75, 3.05) is 31.6 Å². The van der Waals surface area contributed by atoms with Crippen LogP contribution in [0.5, 0.6) is 0 Å². The van der Waals surface area contributed by atoms with Crippen molar-refractivity contribution in [2.24, 2.45) is 5.73 Å². The molecule has 0 aliphatic carbocycles.